The van der Waals surface area contributed by atoms with Gasteiger partial charge in [-0.15, -0.1) is 0 Å². The van der Waals surface area contributed by atoms with E-state index in [0.29, 0.717) is 91.6 Å². The number of para-hydroxylation sites is 2. The number of hydrogen-bond donors (Lipinski definition) is 6. The Morgan fingerprint density at radius 2 is 0.970 bits per heavy atom. The second kappa shape index (κ2) is 31.5. The lowest BCUT2D eigenvalue weighted by Gasteiger charge is -2.17. The monoisotopic (exact) mass is 1480 g/mol. The van der Waals surface area contributed by atoms with Crippen molar-refractivity contribution < 1.29 is 57.9 Å². The van der Waals surface area contributed by atoms with Gasteiger partial charge in [0.2, 0.25) is 17.8 Å². The summed E-state index contributed by atoms with van der Waals surface area (Å²) in [5, 5.41) is 27.9. The summed E-state index contributed by atoms with van der Waals surface area (Å²) in [5.74, 6) is 2.95. The molecule has 0 saturated heterocycles. The van der Waals surface area contributed by atoms with Crippen LogP contribution in [0.4, 0.5) is 82.6 Å². The molecule has 3 heterocycles. The Morgan fingerprint density at radius 1 is 0.530 bits per heavy atom. The van der Waals surface area contributed by atoms with Gasteiger partial charge < -0.3 is 59.8 Å². The highest BCUT2D eigenvalue weighted by Crippen LogP contribution is 2.43. The molecule has 6 N–H and O–H groups in total. The number of hydrogen-bond acceptors (Lipinski definition) is 23. The van der Waals surface area contributed by atoms with Gasteiger partial charge in [-0.1, -0.05) is 41.9 Å². The maximum atomic E-state index is 13.5. The second-order valence-electron chi connectivity index (χ2n) is 24.0. The lowest BCUT2D eigenvalue weighted by Crippen LogP contribution is -2.16. The van der Waals surface area contributed by atoms with Crippen molar-refractivity contribution in [2.75, 3.05) is 93.2 Å². The van der Waals surface area contributed by atoms with Gasteiger partial charge >= 0.3 is 6.18 Å². The van der Waals surface area contributed by atoms with Crippen LogP contribution in [0.2, 0.25) is 5.02 Å². The summed E-state index contributed by atoms with van der Waals surface area (Å²) in [6.45, 7) is 16.7. The van der Waals surface area contributed by atoms with E-state index in [4.69, 9.17) is 31.1 Å². The summed E-state index contributed by atoms with van der Waals surface area (Å²) < 4.78 is 145. The average Bonchev–Trinajstić information content (AvgIpc) is 1.23. The molecule has 3 aromatic heterocycles. The molecule has 0 spiro atoms. The first-order chi connectivity index (χ1) is 46.9. The van der Waals surface area contributed by atoms with Crippen LogP contribution in [0.25, 0.3) is 6.08 Å². The normalized spacial score (nSPS) is 12.2. The van der Waals surface area contributed by atoms with Crippen molar-refractivity contribution in [3.05, 3.63) is 173 Å². The van der Waals surface area contributed by atoms with E-state index in [1.54, 1.807) is 196 Å². The first-order valence-electron chi connectivity index (χ1n) is 30.5. The number of alkyl halides is 3. The van der Waals surface area contributed by atoms with Crippen LogP contribution in [0, 0.1) is 11.3 Å². The molecular formula is C68H74ClF3N13O10P3S2. The Bertz CT molecular complexity index is 5010. The zero-order valence-electron chi connectivity index (χ0n) is 56.7. The van der Waals surface area contributed by atoms with Gasteiger partial charge in [0.25, 0.3) is 0 Å². The fraction of sp³-hybridized carbons (Fsp3) is 0.250. The predicted octanol–water partition coefficient (Wildman–Crippen LogP) is 15.1. The highest BCUT2D eigenvalue weighted by molar-refractivity contribution is 7.92. The molecule has 0 amide bonds. The molecule has 6 aromatic carbocycles. The molecule has 0 fully saturated rings. The third-order valence-corrected chi connectivity index (χ3v) is 24.3. The number of methoxy groups -OCH3 is 3. The zero-order valence-corrected chi connectivity index (χ0v) is 61.8. The van der Waals surface area contributed by atoms with Crippen molar-refractivity contribution >= 4 is 144 Å². The minimum Gasteiger partial charge on any atom is -0.495 e. The SMILES string of the molecule is COc1cc(P(C)(C)=O)ccc1Nc1nc2c(c(Nc3ccccc3S(=O)(=O)C(C)C)n1)CC=C2.COc1cc(P(C)(C)=O)ccc1Nc1ncc(Cl)c(Nc2ccc(C#N)cc2C(F)(F)F)n1.COc1cc(P(C)(C)=O)ccc1Nc1nccc(Nc2ccccc2S(=O)(=O)C(C)C)n1. The molecule has 0 bridgehead atoms. The summed E-state index contributed by atoms with van der Waals surface area (Å²) in [5.41, 5.74) is 2.73. The van der Waals surface area contributed by atoms with Gasteiger partial charge in [-0.2, -0.15) is 33.4 Å². The number of nitriles is 1. The molecule has 23 nitrogen and oxygen atoms in total. The molecule has 100 heavy (non-hydrogen) atoms. The van der Waals surface area contributed by atoms with Crippen molar-refractivity contribution in [2.45, 2.75) is 60.6 Å². The predicted molar refractivity (Wildman–Crippen MR) is 393 cm³/mol. The number of allylic oxidation sites excluding steroid dienone is 1. The van der Waals surface area contributed by atoms with Crippen molar-refractivity contribution in [1.29, 1.82) is 5.26 Å². The number of halogens is 4. The average molecular weight is 1480 g/mol. The van der Waals surface area contributed by atoms with Crippen molar-refractivity contribution in [3.8, 4) is 23.3 Å². The molecule has 0 aliphatic heterocycles. The lowest BCUT2D eigenvalue weighted by atomic mass is 10.1. The number of nitrogens with zero attached hydrogens (tertiary/aromatic N) is 7. The second-order valence-corrected chi connectivity index (χ2v) is 39.0. The number of aromatic nitrogens is 6. The number of sulfone groups is 2. The molecule has 10 rings (SSSR count). The van der Waals surface area contributed by atoms with Crippen molar-refractivity contribution in [3.63, 3.8) is 0 Å². The van der Waals surface area contributed by atoms with E-state index in [1.165, 1.54) is 26.5 Å². The standard InChI is InChI=1S/C25H29N4O4PS.C22H27N4O4PS.C21H18ClF3N5O2P/c1-16(2)35(31,32)23-12-7-6-10-21(23)26-24-18-9-8-11-19(18)27-25(29-24)28-20-14-13-17(34(4,5)30)15-22(20)33-3;1-15(2)32(28,29)20-9-7-6-8-18(20)24-21-12-13-23-22(26-21)25-17-11-10-16(31(4,5)27)14-19(17)30-3;1-32-18-9-13(33(2,3)31)5-7-17(18)29-20-27-11-15(22)19(30-20)28-16-6-4-12(10-26)8-14(16)21(23,24)25/h6-8,10-16H,9H2,1-5H3,(H2,26,27,28,29);6-15H,1-5H3,(H2,23,24,25,26);4-9,11H,1-3H3,(H2,27,28,29,30). The molecule has 32 heteroatoms. The van der Waals surface area contributed by atoms with Gasteiger partial charge in [0.1, 0.15) is 55.3 Å². The number of nitrogens with one attached hydrogen (secondary N) is 6. The third kappa shape index (κ3) is 18.9. The van der Waals surface area contributed by atoms with Crippen molar-refractivity contribution in [2.24, 2.45) is 0 Å². The fourth-order valence-corrected chi connectivity index (χ4v) is 14.6. The van der Waals surface area contributed by atoms with Gasteiger partial charge in [-0.05, 0) is 183 Å². The summed E-state index contributed by atoms with van der Waals surface area (Å²) in [4.78, 5) is 26.6. The van der Waals surface area contributed by atoms with E-state index in [2.05, 4.69) is 61.8 Å². The summed E-state index contributed by atoms with van der Waals surface area (Å²) in [7, 11) is -9.85. The van der Waals surface area contributed by atoms with Crippen LogP contribution in [0.5, 0.6) is 17.2 Å². The number of rotatable bonds is 22. The minimum absolute atomic E-state index is 0.0155. The van der Waals surface area contributed by atoms with E-state index in [0.717, 1.165) is 23.4 Å². The molecule has 0 saturated carbocycles. The number of anilines is 12. The van der Waals surface area contributed by atoms with E-state index in [1.807, 2.05) is 12.2 Å². The van der Waals surface area contributed by atoms with E-state index >= 15 is 0 Å². The summed E-state index contributed by atoms with van der Waals surface area (Å²) in [6, 6.07) is 35.5. The van der Waals surface area contributed by atoms with Crippen molar-refractivity contribution in [1.82, 2.24) is 29.9 Å². The first kappa shape index (κ1) is 76.4. The molecule has 0 atom stereocenters. The third-order valence-electron chi connectivity index (χ3n) is 15.0. The Balaban J connectivity index is 0.000000191. The first-order valence-corrected chi connectivity index (χ1v) is 41.8. The molecular weight excluding hydrogens is 1410 g/mol. The van der Waals surface area contributed by atoms with Gasteiger partial charge in [-0.25, -0.2) is 31.8 Å². The van der Waals surface area contributed by atoms with Crippen LogP contribution in [-0.2, 0) is 46.0 Å². The Labute approximate surface area is 584 Å². The van der Waals surface area contributed by atoms with Crippen LogP contribution in [0.3, 0.4) is 0 Å². The van der Waals surface area contributed by atoms with Crippen LogP contribution < -0.4 is 62.0 Å². The Hall–Kier alpha value is -9.34. The van der Waals surface area contributed by atoms with Crippen LogP contribution >= 0.6 is 33.0 Å². The molecule has 0 unspecified atom stereocenters. The molecule has 1 aliphatic carbocycles. The molecule has 0 radical (unpaired) electrons. The Morgan fingerprint density at radius 3 is 1.43 bits per heavy atom. The van der Waals surface area contributed by atoms with Gasteiger partial charge in [0, 0.05) is 27.7 Å². The van der Waals surface area contributed by atoms with E-state index in [9.17, 15) is 43.7 Å². The number of benzene rings is 6. The topological polar surface area (TPSA) is 320 Å². The van der Waals surface area contributed by atoms with Crippen LogP contribution in [0.15, 0.2) is 156 Å². The van der Waals surface area contributed by atoms with E-state index < -0.39 is 63.3 Å². The van der Waals surface area contributed by atoms with Gasteiger partial charge in [-0.3, -0.25) is 0 Å². The summed E-state index contributed by atoms with van der Waals surface area (Å²) in [6.07, 6.45) is 2.61. The minimum atomic E-state index is -4.71. The zero-order chi connectivity index (χ0) is 73.3. The maximum Gasteiger partial charge on any atom is 0.418 e. The lowest BCUT2D eigenvalue weighted by molar-refractivity contribution is -0.136. The smallest absolute Gasteiger partial charge is 0.418 e. The molecule has 526 valence electrons. The van der Waals surface area contributed by atoms with Crippen LogP contribution in [-0.4, -0.2) is 119 Å². The summed E-state index contributed by atoms with van der Waals surface area (Å²) >= 11 is 6.10. The number of fused-ring (bicyclic) bond motifs is 1. The van der Waals surface area contributed by atoms with Crippen LogP contribution in [0.1, 0.15) is 50.1 Å². The molecule has 9 aromatic rings. The number of ether oxygens (including phenoxy) is 3. The quantitative estimate of drug-likeness (QED) is 0.0343. The van der Waals surface area contributed by atoms with Gasteiger partial charge in [0.15, 0.2) is 25.5 Å². The molecule has 1 aliphatic rings. The fourth-order valence-electron chi connectivity index (χ4n) is 9.50. The van der Waals surface area contributed by atoms with Gasteiger partial charge in [0.05, 0.1) is 105 Å². The largest absolute Gasteiger partial charge is 0.495 e. The maximum absolute atomic E-state index is 13.5. The highest BCUT2D eigenvalue weighted by atomic mass is 35.5. The van der Waals surface area contributed by atoms with E-state index in [-0.39, 0.29) is 37.8 Å². The Kier molecular flexibility index (Phi) is 24.0. The highest BCUT2D eigenvalue weighted by Gasteiger charge is 2.35.